The summed E-state index contributed by atoms with van der Waals surface area (Å²) in [6.45, 7) is 1.45. The summed E-state index contributed by atoms with van der Waals surface area (Å²) in [5.74, 6) is 0. The van der Waals surface area contributed by atoms with E-state index in [2.05, 4.69) is 0 Å². The van der Waals surface area contributed by atoms with E-state index in [4.69, 9.17) is 14.6 Å². The number of hydrogen-bond acceptors (Lipinski definition) is 3. The fourth-order valence-corrected chi connectivity index (χ4v) is 0.806. The first kappa shape index (κ1) is 6.99. The molecule has 0 saturated carbocycles. The van der Waals surface area contributed by atoms with Gasteiger partial charge in [0, 0.05) is 6.61 Å². The van der Waals surface area contributed by atoms with Gasteiger partial charge in [-0.05, 0) is 12.8 Å². The molecule has 1 fully saturated rings. The molecule has 3 nitrogen and oxygen atoms in total. The minimum absolute atomic E-state index is 0.283. The summed E-state index contributed by atoms with van der Waals surface area (Å²) in [5, 5.41) is 9.03. The van der Waals surface area contributed by atoms with Gasteiger partial charge in [0.25, 0.3) is 0 Å². The van der Waals surface area contributed by atoms with Crippen LogP contribution in [0.2, 0.25) is 0 Å². The molecule has 0 radical (unpaired) electrons. The van der Waals surface area contributed by atoms with Crippen LogP contribution >= 0.6 is 0 Å². The van der Waals surface area contributed by atoms with Crippen molar-refractivity contribution in [3.8, 4) is 0 Å². The summed E-state index contributed by atoms with van der Waals surface area (Å²) in [7, 11) is 0. The van der Waals surface area contributed by atoms with Gasteiger partial charge in [-0.25, -0.2) is 0 Å². The lowest BCUT2D eigenvalue weighted by Crippen LogP contribution is -2.20. The van der Waals surface area contributed by atoms with Crippen molar-refractivity contribution >= 4 is 0 Å². The summed E-state index contributed by atoms with van der Waals surface area (Å²) < 4.78 is 9.90. The molecule has 3 heteroatoms. The molecule has 1 aliphatic rings. The molecule has 0 unspecified atom stereocenters. The first-order valence-corrected chi connectivity index (χ1v) is 3.23. The Bertz CT molecular complexity index is 66.7. The minimum Gasteiger partial charge on any atom is -0.391 e. The van der Waals surface area contributed by atoms with E-state index < -0.39 is 0 Å². The molecule has 0 aromatic heterocycles. The van der Waals surface area contributed by atoms with Crippen LogP contribution in [0.25, 0.3) is 0 Å². The van der Waals surface area contributed by atoms with Crippen molar-refractivity contribution in [1.29, 1.82) is 0 Å². The van der Waals surface area contributed by atoms with Crippen molar-refractivity contribution in [3.05, 3.63) is 0 Å². The quantitative estimate of drug-likeness (QED) is 0.509. The summed E-state index contributed by atoms with van der Waals surface area (Å²) in [5.41, 5.74) is 0. The topological polar surface area (TPSA) is 38.7 Å². The van der Waals surface area contributed by atoms with Crippen LogP contribution in [0.15, 0.2) is 0 Å². The Labute approximate surface area is 54.6 Å². The van der Waals surface area contributed by atoms with E-state index >= 15 is 0 Å². The summed E-state index contributed by atoms with van der Waals surface area (Å²) in [4.78, 5) is 0. The number of aliphatic hydroxyl groups is 1. The van der Waals surface area contributed by atoms with Crippen LogP contribution in [0.5, 0.6) is 0 Å². The predicted molar refractivity (Wildman–Crippen MR) is 32.0 cm³/mol. The lowest BCUT2D eigenvalue weighted by molar-refractivity contribution is -0.0970. The number of hydrogen-bond donors (Lipinski definition) is 1. The normalized spacial score (nSPS) is 31.0. The van der Waals surface area contributed by atoms with Crippen LogP contribution in [0.4, 0.5) is 0 Å². The Balaban J connectivity index is 2.12. The third-order valence-electron chi connectivity index (χ3n) is 1.30. The van der Waals surface area contributed by atoms with Crippen molar-refractivity contribution in [3.63, 3.8) is 0 Å². The largest absolute Gasteiger partial charge is 0.391 e. The minimum atomic E-state index is -0.283. The number of rotatable bonds is 0. The van der Waals surface area contributed by atoms with Gasteiger partial charge >= 0.3 is 0 Å². The second-order valence-electron chi connectivity index (χ2n) is 2.19. The van der Waals surface area contributed by atoms with Crippen molar-refractivity contribution in [1.82, 2.24) is 0 Å². The molecule has 0 aromatic rings. The molecule has 0 bridgehead atoms. The monoisotopic (exact) mass is 132 g/mol. The van der Waals surface area contributed by atoms with Gasteiger partial charge in [-0.1, -0.05) is 0 Å². The highest BCUT2D eigenvalue weighted by Crippen LogP contribution is 2.01. The van der Waals surface area contributed by atoms with Gasteiger partial charge in [0.2, 0.25) is 0 Å². The molecule has 0 aromatic carbocycles. The van der Waals surface area contributed by atoms with E-state index in [-0.39, 0.29) is 6.10 Å². The number of aliphatic hydroxyl groups excluding tert-OH is 1. The molecule has 1 atom stereocenters. The Hall–Kier alpha value is -0.120. The van der Waals surface area contributed by atoms with Crippen LogP contribution < -0.4 is 0 Å². The fraction of sp³-hybridized carbons (Fsp3) is 1.00. The van der Waals surface area contributed by atoms with Gasteiger partial charge in [-0.2, -0.15) is 0 Å². The molecule has 9 heavy (non-hydrogen) atoms. The van der Waals surface area contributed by atoms with E-state index in [1.165, 1.54) is 0 Å². The second kappa shape index (κ2) is 3.82. The Morgan fingerprint density at radius 2 is 2.22 bits per heavy atom. The highest BCUT2D eigenvalue weighted by Gasteiger charge is 2.06. The zero-order valence-electron chi connectivity index (χ0n) is 5.38. The zero-order chi connectivity index (χ0) is 6.53. The van der Waals surface area contributed by atoms with E-state index in [0.29, 0.717) is 20.0 Å². The maximum absolute atomic E-state index is 9.03. The highest BCUT2D eigenvalue weighted by molar-refractivity contribution is 4.54. The molecule has 0 aliphatic carbocycles. The third kappa shape index (κ3) is 2.79. The maximum Gasteiger partial charge on any atom is 0.146 e. The summed E-state index contributed by atoms with van der Waals surface area (Å²) >= 11 is 0. The first-order valence-electron chi connectivity index (χ1n) is 3.23. The van der Waals surface area contributed by atoms with Crippen molar-refractivity contribution < 1.29 is 14.6 Å². The van der Waals surface area contributed by atoms with Crippen LogP contribution in [0.3, 0.4) is 0 Å². The SMILES string of the molecule is O[C@@H]1CCCOCOC1. The Kier molecular flexibility index (Phi) is 2.97. The molecule has 0 spiro atoms. The van der Waals surface area contributed by atoms with Crippen LogP contribution in [0.1, 0.15) is 12.8 Å². The Morgan fingerprint density at radius 3 is 3.11 bits per heavy atom. The first-order chi connectivity index (χ1) is 4.39. The van der Waals surface area contributed by atoms with Crippen molar-refractivity contribution in [2.24, 2.45) is 0 Å². The van der Waals surface area contributed by atoms with Crippen molar-refractivity contribution in [2.45, 2.75) is 18.9 Å². The van der Waals surface area contributed by atoms with Gasteiger partial charge in [0.05, 0.1) is 12.7 Å². The molecule has 54 valence electrons. The molecule has 1 saturated heterocycles. The summed E-state index contributed by atoms with van der Waals surface area (Å²) in [6, 6.07) is 0. The lowest BCUT2D eigenvalue weighted by Gasteiger charge is -2.14. The van der Waals surface area contributed by atoms with Gasteiger partial charge in [0.15, 0.2) is 0 Å². The van der Waals surface area contributed by atoms with E-state index in [0.717, 1.165) is 12.8 Å². The molecular formula is C6H12O3. The van der Waals surface area contributed by atoms with Gasteiger partial charge in [0.1, 0.15) is 6.79 Å². The van der Waals surface area contributed by atoms with Gasteiger partial charge in [-0.15, -0.1) is 0 Å². The molecule has 1 heterocycles. The molecule has 1 rings (SSSR count). The van der Waals surface area contributed by atoms with Gasteiger partial charge < -0.3 is 14.6 Å². The highest BCUT2D eigenvalue weighted by atomic mass is 16.7. The zero-order valence-corrected chi connectivity index (χ0v) is 5.38. The average molecular weight is 132 g/mol. The van der Waals surface area contributed by atoms with Crippen molar-refractivity contribution in [2.75, 3.05) is 20.0 Å². The van der Waals surface area contributed by atoms with E-state index in [1.54, 1.807) is 0 Å². The summed E-state index contributed by atoms with van der Waals surface area (Å²) in [6.07, 6.45) is 1.44. The fourth-order valence-electron chi connectivity index (χ4n) is 0.806. The average Bonchev–Trinajstić information content (AvgIpc) is 1.79. The van der Waals surface area contributed by atoms with Crippen LogP contribution in [-0.2, 0) is 9.47 Å². The smallest absolute Gasteiger partial charge is 0.146 e. The van der Waals surface area contributed by atoms with Crippen LogP contribution in [-0.4, -0.2) is 31.2 Å². The second-order valence-corrected chi connectivity index (χ2v) is 2.19. The van der Waals surface area contributed by atoms with E-state index in [9.17, 15) is 0 Å². The predicted octanol–water partition coefficient (Wildman–Crippen LogP) is 0.132. The lowest BCUT2D eigenvalue weighted by atomic mass is 10.2. The molecule has 0 amide bonds. The van der Waals surface area contributed by atoms with E-state index in [1.807, 2.05) is 0 Å². The third-order valence-corrected chi connectivity index (χ3v) is 1.30. The van der Waals surface area contributed by atoms with Gasteiger partial charge in [-0.3, -0.25) is 0 Å². The molecular weight excluding hydrogens is 120 g/mol. The molecule has 1 aliphatic heterocycles. The maximum atomic E-state index is 9.03. The number of ether oxygens (including phenoxy) is 2. The molecule has 1 N–H and O–H groups in total. The van der Waals surface area contributed by atoms with Crippen LogP contribution in [0, 0.1) is 0 Å². The standard InChI is InChI=1S/C6H12O3/c7-6-2-1-3-8-5-9-4-6/h6-7H,1-5H2/t6-/m1/s1. The Morgan fingerprint density at radius 1 is 1.33 bits per heavy atom.